The largest absolute Gasteiger partial charge is 0.423 e. The molecule has 0 radical (unpaired) electrons. The maximum atomic E-state index is 12.5. The number of nitrogens with one attached hydrogen (secondary N) is 1. The first kappa shape index (κ1) is 13.8. The van der Waals surface area contributed by atoms with E-state index in [1.807, 2.05) is 6.07 Å². The number of fused-ring (bicyclic) bond motifs is 1. The molecule has 0 fully saturated rings. The third-order valence-electron chi connectivity index (χ3n) is 3.75. The number of hydrogen-bond donors (Lipinski definition) is 2. The summed E-state index contributed by atoms with van der Waals surface area (Å²) in [5.41, 5.74) is 5.72. The van der Waals surface area contributed by atoms with Gasteiger partial charge in [0.25, 0.3) is 5.56 Å². The molecule has 2 aromatic heterocycles. The molecular weight excluding hydrogens is 286 g/mol. The summed E-state index contributed by atoms with van der Waals surface area (Å²) in [4.78, 5) is 27.6. The molecule has 0 spiro atoms. The molecule has 8 nitrogen and oxygen atoms in total. The second-order valence-corrected chi connectivity index (χ2v) is 4.97. The predicted molar refractivity (Wildman–Crippen MR) is 77.0 cm³/mol. The van der Waals surface area contributed by atoms with E-state index in [2.05, 4.69) is 4.98 Å². The predicted octanol–water partition coefficient (Wildman–Crippen LogP) is -0.370. The minimum absolute atomic E-state index is 0.0594. The molecule has 1 atom stereocenters. The van der Waals surface area contributed by atoms with Crippen molar-refractivity contribution in [3.8, 4) is 11.9 Å². The average molecular weight is 299 g/mol. The van der Waals surface area contributed by atoms with Crippen LogP contribution in [0, 0.1) is 11.3 Å². The summed E-state index contributed by atoms with van der Waals surface area (Å²) in [7, 11) is 2.86. The standard InChI is InChI=1S/C14H13N5O3/c1-18-12(20)10-9(8-4-3-5-17-8)7(6-15)11(16)22-13(10)19(2)14(18)21/h3-5,9,17H,16H2,1-2H3/t9-/m1/s1. The fraction of sp³-hybridized carbons (Fsp3) is 0.214. The van der Waals surface area contributed by atoms with Gasteiger partial charge in [-0.15, -0.1) is 0 Å². The van der Waals surface area contributed by atoms with Crippen molar-refractivity contribution >= 4 is 0 Å². The Labute approximate surface area is 124 Å². The van der Waals surface area contributed by atoms with Crippen LogP contribution in [0.15, 0.2) is 39.4 Å². The van der Waals surface area contributed by atoms with E-state index in [-0.39, 0.29) is 22.9 Å². The Morgan fingerprint density at radius 1 is 1.36 bits per heavy atom. The molecule has 0 aliphatic carbocycles. The van der Waals surface area contributed by atoms with Gasteiger partial charge in [-0.05, 0) is 12.1 Å². The van der Waals surface area contributed by atoms with Gasteiger partial charge < -0.3 is 15.5 Å². The van der Waals surface area contributed by atoms with Gasteiger partial charge in [-0.1, -0.05) is 0 Å². The zero-order valence-corrected chi connectivity index (χ0v) is 12.0. The summed E-state index contributed by atoms with van der Waals surface area (Å²) in [5.74, 6) is -0.753. The number of allylic oxidation sites excluding steroid dienone is 1. The SMILES string of the molecule is Cn1c2c(c(=O)n(C)c1=O)[C@@H](c1ccc[nH]1)C(C#N)=C(N)O2. The Morgan fingerprint density at radius 2 is 2.09 bits per heavy atom. The number of rotatable bonds is 1. The Balaban J connectivity index is 2.44. The lowest BCUT2D eigenvalue weighted by atomic mass is 9.88. The van der Waals surface area contributed by atoms with E-state index in [0.29, 0.717) is 5.69 Å². The van der Waals surface area contributed by atoms with Crippen LogP contribution in [-0.4, -0.2) is 14.1 Å². The lowest BCUT2D eigenvalue weighted by Crippen LogP contribution is -2.42. The summed E-state index contributed by atoms with van der Waals surface area (Å²) in [5, 5.41) is 9.38. The molecule has 3 N–H and O–H groups in total. The van der Waals surface area contributed by atoms with Crippen molar-refractivity contribution in [2.75, 3.05) is 0 Å². The van der Waals surface area contributed by atoms with E-state index in [9.17, 15) is 14.9 Å². The van der Waals surface area contributed by atoms with Gasteiger partial charge in [-0.3, -0.25) is 13.9 Å². The quantitative estimate of drug-likeness (QED) is 0.744. The third-order valence-corrected chi connectivity index (χ3v) is 3.75. The van der Waals surface area contributed by atoms with Gasteiger partial charge in [-0.25, -0.2) is 4.79 Å². The van der Waals surface area contributed by atoms with Crippen LogP contribution in [0.1, 0.15) is 17.2 Å². The molecule has 1 aliphatic rings. The first-order valence-electron chi connectivity index (χ1n) is 6.48. The van der Waals surface area contributed by atoms with Crippen molar-refractivity contribution in [2.45, 2.75) is 5.92 Å². The van der Waals surface area contributed by atoms with Crippen LogP contribution in [0.5, 0.6) is 5.88 Å². The molecule has 22 heavy (non-hydrogen) atoms. The van der Waals surface area contributed by atoms with Crippen molar-refractivity contribution in [3.05, 3.63) is 61.9 Å². The summed E-state index contributed by atoms with van der Waals surface area (Å²) >= 11 is 0. The lowest BCUT2D eigenvalue weighted by molar-refractivity contribution is 0.348. The average Bonchev–Trinajstić information content (AvgIpc) is 3.03. The molecule has 1 aliphatic heterocycles. The molecular formula is C14H13N5O3. The van der Waals surface area contributed by atoms with E-state index in [1.165, 1.54) is 18.7 Å². The highest BCUT2D eigenvalue weighted by molar-refractivity contribution is 5.51. The maximum Gasteiger partial charge on any atom is 0.333 e. The van der Waals surface area contributed by atoms with Gasteiger partial charge >= 0.3 is 5.69 Å². The molecule has 0 bridgehead atoms. The summed E-state index contributed by atoms with van der Waals surface area (Å²) in [6.45, 7) is 0. The molecule has 0 saturated carbocycles. The minimum Gasteiger partial charge on any atom is -0.423 e. The highest BCUT2D eigenvalue weighted by atomic mass is 16.5. The highest BCUT2D eigenvalue weighted by Crippen LogP contribution is 2.38. The van der Waals surface area contributed by atoms with Gasteiger partial charge in [-0.2, -0.15) is 5.26 Å². The Bertz CT molecular complexity index is 941. The molecule has 0 amide bonds. The number of nitrogens with zero attached hydrogens (tertiary/aromatic N) is 3. The van der Waals surface area contributed by atoms with Gasteiger partial charge in [0.05, 0.1) is 11.5 Å². The van der Waals surface area contributed by atoms with E-state index < -0.39 is 17.2 Å². The lowest BCUT2D eigenvalue weighted by Gasteiger charge is -2.26. The smallest absolute Gasteiger partial charge is 0.333 e. The number of aromatic nitrogens is 3. The van der Waals surface area contributed by atoms with Crippen LogP contribution in [0.3, 0.4) is 0 Å². The fourth-order valence-electron chi connectivity index (χ4n) is 2.62. The second kappa shape index (κ2) is 4.66. The minimum atomic E-state index is -0.700. The maximum absolute atomic E-state index is 12.5. The molecule has 112 valence electrons. The van der Waals surface area contributed by atoms with Crippen molar-refractivity contribution < 1.29 is 4.74 Å². The van der Waals surface area contributed by atoms with Crippen molar-refractivity contribution in [3.63, 3.8) is 0 Å². The number of hydrogen-bond acceptors (Lipinski definition) is 5. The van der Waals surface area contributed by atoms with Crippen LogP contribution < -0.4 is 21.7 Å². The third kappa shape index (κ3) is 1.69. The Hall–Kier alpha value is -3.21. The molecule has 0 unspecified atom stereocenters. The summed E-state index contributed by atoms with van der Waals surface area (Å²) < 4.78 is 7.56. The van der Waals surface area contributed by atoms with E-state index in [1.54, 1.807) is 18.3 Å². The fourth-order valence-corrected chi connectivity index (χ4v) is 2.62. The van der Waals surface area contributed by atoms with Gasteiger partial charge in [0.1, 0.15) is 11.6 Å². The number of ether oxygens (including phenoxy) is 1. The first-order valence-corrected chi connectivity index (χ1v) is 6.48. The van der Waals surface area contributed by atoms with Gasteiger partial charge in [0.2, 0.25) is 11.8 Å². The van der Waals surface area contributed by atoms with Crippen LogP contribution in [0.4, 0.5) is 0 Å². The first-order chi connectivity index (χ1) is 10.5. The van der Waals surface area contributed by atoms with Crippen LogP contribution in [0.25, 0.3) is 0 Å². The normalized spacial score (nSPS) is 16.9. The number of nitriles is 1. The topological polar surface area (TPSA) is 119 Å². The molecule has 8 heteroatoms. The van der Waals surface area contributed by atoms with Gasteiger partial charge in [0, 0.05) is 26.0 Å². The molecule has 3 heterocycles. The van der Waals surface area contributed by atoms with E-state index >= 15 is 0 Å². The summed E-state index contributed by atoms with van der Waals surface area (Å²) in [6, 6.07) is 5.48. The molecule has 3 rings (SSSR count). The zero-order valence-electron chi connectivity index (χ0n) is 12.0. The Morgan fingerprint density at radius 3 is 2.68 bits per heavy atom. The number of H-pyrrole nitrogens is 1. The summed E-state index contributed by atoms with van der Waals surface area (Å²) in [6.07, 6.45) is 1.68. The zero-order chi connectivity index (χ0) is 16.0. The van der Waals surface area contributed by atoms with E-state index in [0.717, 1.165) is 4.57 Å². The molecule has 0 saturated heterocycles. The van der Waals surface area contributed by atoms with E-state index in [4.69, 9.17) is 10.5 Å². The second-order valence-electron chi connectivity index (χ2n) is 4.97. The Kier molecular flexibility index (Phi) is 2.92. The highest BCUT2D eigenvalue weighted by Gasteiger charge is 2.36. The van der Waals surface area contributed by atoms with Crippen LogP contribution in [0.2, 0.25) is 0 Å². The van der Waals surface area contributed by atoms with Crippen molar-refractivity contribution in [2.24, 2.45) is 19.8 Å². The van der Waals surface area contributed by atoms with Crippen LogP contribution in [-0.2, 0) is 14.1 Å². The number of nitrogens with two attached hydrogens (primary N) is 1. The van der Waals surface area contributed by atoms with Gasteiger partial charge in [0.15, 0.2) is 0 Å². The number of aromatic amines is 1. The molecule has 0 aromatic carbocycles. The van der Waals surface area contributed by atoms with Crippen molar-refractivity contribution in [1.82, 2.24) is 14.1 Å². The molecule has 2 aromatic rings. The monoisotopic (exact) mass is 299 g/mol. The van der Waals surface area contributed by atoms with Crippen molar-refractivity contribution in [1.29, 1.82) is 5.26 Å². The van der Waals surface area contributed by atoms with Crippen LogP contribution >= 0.6 is 0 Å².